The van der Waals surface area contributed by atoms with Crippen LogP contribution in [0, 0.1) is 0 Å². The predicted molar refractivity (Wildman–Crippen MR) is 58.2 cm³/mol. The van der Waals surface area contributed by atoms with E-state index in [4.69, 9.17) is 0 Å². The first-order valence-electron chi connectivity index (χ1n) is 6.13. The van der Waals surface area contributed by atoms with Gasteiger partial charge >= 0.3 is 18.3 Å². The third-order valence-electron chi connectivity index (χ3n) is 3.14. The van der Waals surface area contributed by atoms with E-state index in [2.05, 4.69) is 4.74 Å². The zero-order chi connectivity index (χ0) is 16.6. The minimum atomic E-state index is -5.76. The molecule has 124 valence electrons. The second-order valence-electron chi connectivity index (χ2n) is 5.03. The number of halogens is 6. The lowest BCUT2D eigenvalue weighted by molar-refractivity contribution is -0.314. The maximum Gasteiger partial charge on any atom is 0.434 e. The molecule has 1 saturated heterocycles. The zero-order valence-corrected chi connectivity index (χ0v) is 11.2. The Hall–Kier alpha value is -1.03. The summed E-state index contributed by atoms with van der Waals surface area (Å²) in [5.74, 6) is -1.73. The average molecular weight is 323 g/mol. The van der Waals surface area contributed by atoms with Crippen molar-refractivity contribution in [1.82, 2.24) is 4.90 Å². The SMILES string of the molecule is CC(C)N1CC[C@H](O)[C@H]1C(=O)OC(C(F)(F)F)C(F)(F)F. The first-order chi connectivity index (χ1) is 9.35. The highest BCUT2D eigenvalue weighted by Gasteiger charge is 2.60. The molecule has 0 spiro atoms. The van der Waals surface area contributed by atoms with E-state index in [0.29, 0.717) is 0 Å². The van der Waals surface area contributed by atoms with Gasteiger partial charge in [-0.2, -0.15) is 26.3 Å². The Morgan fingerprint density at radius 1 is 1.19 bits per heavy atom. The van der Waals surface area contributed by atoms with Crippen LogP contribution in [0.25, 0.3) is 0 Å². The highest BCUT2D eigenvalue weighted by molar-refractivity contribution is 5.77. The molecule has 1 heterocycles. The molecule has 0 aromatic carbocycles. The van der Waals surface area contributed by atoms with E-state index in [9.17, 15) is 36.2 Å². The number of alkyl halides is 6. The van der Waals surface area contributed by atoms with Crippen molar-refractivity contribution < 1.29 is 41.0 Å². The molecule has 0 aromatic heterocycles. The van der Waals surface area contributed by atoms with Crippen LogP contribution in [-0.2, 0) is 9.53 Å². The van der Waals surface area contributed by atoms with E-state index >= 15 is 0 Å². The molecule has 0 amide bonds. The lowest BCUT2D eigenvalue weighted by Gasteiger charge is -2.30. The third-order valence-corrected chi connectivity index (χ3v) is 3.14. The van der Waals surface area contributed by atoms with Crippen molar-refractivity contribution in [3.8, 4) is 0 Å². The van der Waals surface area contributed by atoms with E-state index in [-0.39, 0.29) is 19.0 Å². The number of rotatable bonds is 3. The molecule has 0 radical (unpaired) electrons. The summed E-state index contributed by atoms with van der Waals surface area (Å²) in [6.07, 6.45) is -17.0. The molecule has 21 heavy (non-hydrogen) atoms. The molecular formula is C11H15F6NO3. The highest BCUT2D eigenvalue weighted by atomic mass is 19.4. The fourth-order valence-corrected chi connectivity index (χ4v) is 2.18. The van der Waals surface area contributed by atoms with Crippen LogP contribution < -0.4 is 0 Å². The molecule has 0 aromatic rings. The van der Waals surface area contributed by atoms with E-state index in [1.54, 1.807) is 13.8 Å². The Morgan fingerprint density at radius 3 is 2.05 bits per heavy atom. The Balaban J connectivity index is 2.92. The molecule has 1 aliphatic heterocycles. The Kier molecular flexibility index (Phi) is 5.14. The summed E-state index contributed by atoms with van der Waals surface area (Å²) in [5.41, 5.74) is 0. The maximum absolute atomic E-state index is 12.3. The quantitative estimate of drug-likeness (QED) is 0.636. The Labute approximate surface area is 116 Å². The van der Waals surface area contributed by atoms with E-state index < -0.39 is 36.6 Å². The van der Waals surface area contributed by atoms with Gasteiger partial charge in [0.25, 0.3) is 6.10 Å². The molecule has 2 atom stereocenters. The van der Waals surface area contributed by atoms with E-state index in [1.807, 2.05) is 0 Å². The maximum atomic E-state index is 12.3. The Morgan fingerprint density at radius 2 is 1.67 bits per heavy atom. The average Bonchev–Trinajstić information content (AvgIpc) is 2.64. The van der Waals surface area contributed by atoms with Gasteiger partial charge in [0.1, 0.15) is 6.04 Å². The summed E-state index contributed by atoms with van der Waals surface area (Å²) in [6, 6.07) is -1.87. The number of aliphatic hydroxyl groups is 1. The van der Waals surface area contributed by atoms with Crippen molar-refractivity contribution in [3.63, 3.8) is 0 Å². The van der Waals surface area contributed by atoms with Crippen molar-refractivity contribution >= 4 is 5.97 Å². The summed E-state index contributed by atoms with van der Waals surface area (Å²) in [7, 11) is 0. The highest BCUT2D eigenvalue weighted by Crippen LogP contribution is 2.36. The van der Waals surface area contributed by atoms with Crippen molar-refractivity contribution in [2.75, 3.05) is 6.54 Å². The second kappa shape index (κ2) is 5.99. The molecule has 1 fully saturated rings. The van der Waals surface area contributed by atoms with Gasteiger partial charge in [-0.15, -0.1) is 0 Å². The summed E-state index contributed by atoms with van der Waals surface area (Å²) in [6.45, 7) is 3.38. The van der Waals surface area contributed by atoms with Crippen LogP contribution in [0.15, 0.2) is 0 Å². The Bertz CT molecular complexity index is 367. The number of likely N-dealkylation sites (tertiary alicyclic amines) is 1. The zero-order valence-electron chi connectivity index (χ0n) is 11.2. The number of nitrogens with zero attached hydrogens (tertiary/aromatic N) is 1. The number of carbonyl (C=O) groups is 1. The van der Waals surface area contributed by atoms with Gasteiger partial charge in [-0.1, -0.05) is 0 Å². The lowest BCUT2D eigenvalue weighted by Crippen LogP contribution is -2.52. The molecule has 0 bridgehead atoms. The van der Waals surface area contributed by atoms with Crippen LogP contribution in [0.3, 0.4) is 0 Å². The van der Waals surface area contributed by atoms with Crippen molar-refractivity contribution in [1.29, 1.82) is 0 Å². The molecule has 0 aliphatic carbocycles. The van der Waals surface area contributed by atoms with Gasteiger partial charge in [0.15, 0.2) is 0 Å². The molecule has 10 heteroatoms. The van der Waals surface area contributed by atoms with Crippen molar-refractivity contribution in [3.05, 3.63) is 0 Å². The first kappa shape index (κ1) is 18.0. The minimum absolute atomic E-state index is 0.0701. The van der Waals surface area contributed by atoms with Gasteiger partial charge < -0.3 is 9.84 Å². The lowest BCUT2D eigenvalue weighted by atomic mass is 10.1. The van der Waals surface area contributed by atoms with Crippen LogP contribution >= 0.6 is 0 Å². The van der Waals surface area contributed by atoms with Gasteiger partial charge in [0, 0.05) is 12.6 Å². The minimum Gasteiger partial charge on any atom is -0.442 e. The van der Waals surface area contributed by atoms with Gasteiger partial charge in [0.2, 0.25) is 0 Å². The van der Waals surface area contributed by atoms with Crippen LogP contribution in [0.5, 0.6) is 0 Å². The molecule has 1 aliphatic rings. The number of hydrogen-bond acceptors (Lipinski definition) is 4. The fourth-order valence-electron chi connectivity index (χ4n) is 2.18. The van der Waals surface area contributed by atoms with Gasteiger partial charge in [-0.3, -0.25) is 9.69 Å². The standard InChI is InChI=1S/C11H15F6NO3/c1-5(2)18-4-3-6(19)7(18)8(20)21-9(10(12,13)14)11(15,16)17/h5-7,9,19H,3-4H2,1-2H3/t6-,7-/m0/s1. The van der Waals surface area contributed by atoms with Gasteiger partial charge in [0.05, 0.1) is 6.10 Å². The predicted octanol–water partition coefficient (Wildman–Crippen LogP) is 1.87. The monoisotopic (exact) mass is 323 g/mol. The number of carbonyl (C=O) groups excluding carboxylic acids is 1. The summed E-state index contributed by atoms with van der Waals surface area (Å²) in [4.78, 5) is 13.0. The van der Waals surface area contributed by atoms with Gasteiger partial charge in [-0.05, 0) is 20.3 Å². The molecule has 0 saturated carbocycles. The molecule has 1 N–H and O–H groups in total. The number of hydrogen-bond donors (Lipinski definition) is 1. The molecule has 0 unspecified atom stereocenters. The van der Waals surface area contributed by atoms with Gasteiger partial charge in [-0.25, -0.2) is 0 Å². The normalized spacial score (nSPS) is 24.9. The van der Waals surface area contributed by atoms with E-state index in [0.717, 1.165) is 0 Å². The number of ether oxygens (including phenoxy) is 1. The first-order valence-corrected chi connectivity index (χ1v) is 6.13. The largest absolute Gasteiger partial charge is 0.442 e. The van der Waals surface area contributed by atoms with Crippen LogP contribution in [0.2, 0.25) is 0 Å². The fraction of sp³-hybridized carbons (Fsp3) is 0.909. The number of esters is 1. The van der Waals surface area contributed by atoms with Crippen LogP contribution in [0.1, 0.15) is 20.3 Å². The molecule has 4 nitrogen and oxygen atoms in total. The van der Waals surface area contributed by atoms with Crippen molar-refractivity contribution in [2.45, 2.75) is 56.9 Å². The summed E-state index contributed by atoms with van der Waals surface area (Å²) in [5, 5.41) is 9.59. The topological polar surface area (TPSA) is 49.8 Å². The van der Waals surface area contributed by atoms with Crippen LogP contribution in [-0.4, -0.2) is 59.2 Å². The second-order valence-corrected chi connectivity index (χ2v) is 5.03. The number of aliphatic hydroxyl groups excluding tert-OH is 1. The van der Waals surface area contributed by atoms with E-state index in [1.165, 1.54) is 4.90 Å². The molecular weight excluding hydrogens is 308 g/mol. The van der Waals surface area contributed by atoms with Crippen molar-refractivity contribution in [2.24, 2.45) is 0 Å². The molecule has 1 rings (SSSR count). The summed E-state index contributed by atoms with van der Waals surface area (Å²) >= 11 is 0. The summed E-state index contributed by atoms with van der Waals surface area (Å²) < 4.78 is 77.7. The van der Waals surface area contributed by atoms with Crippen LogP contribution in [0.4, 0.5) is 26.3 Å². The third kappa shape index (κ3) is 4.22. The smallest absolute Gasteiger partial charge is 0.434 e.